The number of aliphatic hydroxyl groups is 1. The van der Waals surface area contributed by atoms with Gasteiger partial charge in [0.15, 0.2) is 12.2 Å². The molecule has 4 bridgehead atoms. The van der Waals surface area contributed by atoms with Gasteiger partial charge in [-0.15, -0.1) is 0 Å². The molecule has 0 radical (unpaired) electrons. The Hall–Kier alpha value is -2.00. The van der Waals surface area contributed by atoms with Crippen LogP contribution in [0.1, 0.15) is 31.1 Å². The second-order valence-corrected chi connectivity index (χ2v) is 7.94. The quantitative estimate of drug-likeness (QED) is 0.778. The van der Waals surface area contributed by atoms with Crippen LogP contribution in [-0.4, -0.2) is 60.1 Å². The second-order valence-electron chi connectivity index (χ2n) is 7.94. The first-order chi connectivity index (χ1) is 12.8. The topological polar surface area (TPSA) is 101 Å². The van der Waals surface area contributed by atoms with E-state index in [1.54, 1.807) is 51.1 Å². The molecule has 4 aliphatic rings. The molecule has 1 unspecified atom stereocenters. The molecule has 5 rings (SSSR count). The molecular weight excluding hydrogens is 356 g/mol. The minimum Gasteiger partial charge on any atom is -0.456 e. The maximum Gasteiger partial charge on any atom is 0.338 e. The number of carbonyl (C=O) groups excluding carboxylic acids is 2. The van der Waals surface area contributed by atoms with Crippen molar-refractivity contribution in [3.63, 3.8) is 0 Å². The third kappa shape index (κ3) is 3.23. The number of esters is 2. The van der Waals surface area contributed by atoms with E-state index in [4.69, 9.17) is 23.7 Å². The lowest BCUT2D eigenvalue weighted by Crippen LogP contribution is -2.76. The van der Waals surface area contributed by atoms with Gasteiger partial charge in [-0.3, -0.25) is 4.79 Å². The summed E-state index contributed by atoms with van der Waals surface area (Å²) >= 11 is 0. The van der Waals surface area contributed by atoms with Gasteiger partial charge in [0.1, 0.15) is 24.4 Å². The number of hydrogen-bond acceptors (Lipinski definition) is 8. The summed E-state index contributed by atoms with van der Waals surface area (Å²) in [5.41, 5.74) is -0.382. The van der Waals surface area contributed by atoms with Crippen molar-refractivity contribution >= 4 is 11.9 Å². The van der Waals surface area contributed by atoms with Crippen LogP contribution in [0.5, 0.6) is 0 Å². The molecule has 0 amide bonds. The lowest BCUT2D eigenvalue weighted by atomic mass is 9.82. The van der Waals surface area contributed by atoms with E-state index < -0.39 is 60.5 Å². The Labute approximate surface area is 156 Å². The minimum absolute atomic E-state index is 0.361. The van der Waals surface area contributed by atoms with E-state index in [-0.39, 0.29) is 0 Å². The molecule has 3 heterocycles. The summed E-state index contributed by atoms with van der Waals surface area (Å²) in [5.74, 6) is -1.04. The van der Waals surface area contributed by atoms with E-state index in [0.29, 0.717) is 5.56 Å². The Morgan fingerprint density at radius 3 is 2.07 bits per heavy atom. The van der Waals surface area contributed by atoms with Crippen molar-refractivity contribution in [2.24, 2.45) is 5.41 Å². The summed E-state index contributed by atoms with van der Waals surface area (Å²) < 4.78 is 27.8. The van der Waals surface area contributed by atoms with Crippen LogP contribution in [0, 0.1) is 5.41 Å². The largest absolute Gasteiger partial charge is 0.456 e. The predicted octanol–water partition coefficient (Wildman–Crippen LogP) is 1.01. The Morgan fingerprint density at radius 1 is 0.926 bits per heavy atom. The van der Waals surface area contributed by atoms with Gasteiger partial charge in [-0.1, -0.05) is 18.2 Å². The van der Waals surface area contributed by atoms with E-state index >= 15 is 0 Å². The van der Waals surface area contributed by atoms with Gasteiger partial charge in [0.05, 0.1) is 11.0 Å². The first-order valence-corrected chi connectivity index (χ1v) is 8.87. The molecule has 0 spiro atoms. The van der Waals surface area contributed by atoms with Crippen LogP contribution in [-0.2, 0) is 28.5 Å². The van der Waals surface area contributed by atoms with Crippen LogP contribution in [0.2, 0.25) is 0 Å². The molecule has 3 saturated heterocycles. The highest BCUT2D eigenvalue weighted by Gasteiger charge is 2.64. The molecule has 146 valence electrons. The highest BCUT2D eigenvalue weighted by Crippen LogP contribution is 2.43. The smallest absolute Gasteiger partial charge is 0.338 e. The summed E-state index contributed by atoms with van der Waals surface area (Å²) in [7, 11) is 0. The minimum atomic E-state index is -1.12. The monoisotopic (exact) mass is 378 g/mol. The van der Waals surface area contributed by atoms with Crippen molar-refractivity contribution in [3.05, 3.63) is 35.9 Å². The van der Waals surface area contributed by atoms with E-state index in [9.17, 15) is 14.7 Å². The number of rotatable bonds is 3. The maximum absolute atomic E-state index is 12.5. The Balaban J connectivity index is 1.57. The van der Waals surface area contributed by atoms with Gasteiger partial charge < -0.3 is 28.8 Å². The van der Waals surface area contributed by atoms with Crippen LogP contribution in [0.4, 0.5) is 0 Å². The number of benzene rings is 1. The van der Waals surface area contributed by atoms with Gasteiger partial charge in [0, 0.05) is 0 Å². The lowest BCUT2D eigenvalue weighted by molar-refractivity contribution is -0.480. The van der Waals surface area contributed by atoms with Crippen LogP contribution in [0.15, 0.2) is 30.3 Å². The van der Waals surface area contributed by atoms with Crippen molar-refractivity contribution < 1.29 is 38.4 Å². The number of aliphatic hydroxyl groups excluding tert-OH is 1. The van der Waals surface area contributed by atoms with E-state index in [1.807, 2.05) is 0 Å². The Bertz CT molecular complexity index is 727. The molecule has 7 atom stereocenters. The van der Waals surface area contributed by atoms with Crippen LogP contribution in [0.3, 0.4) is 0 Å². The zero-order valence-electron chi connectivity index (χ0n) is 15.2. The fraction of sp³-hybridized carbons (Fsp3) is 0.579. The predicted molar refractivity (Wildman–Crippen MR) is 89.4 cm³/mol. The second kappa shape index (κ2) is 6.56. The maximum atomic E-state index is 12.5. The molecule has 1 aromatic carbocycles. The molecule has 1 N–H and O–H groups in total. The van der Waals surface area contributed by atoms with Crippen molar-refractivity contribution in [1.82, 2.24) is 0 Å². The lowest BCUT2D eigenvalue weighted by Gasteiger charge is -2.57. The van der Waals surface area contributed by atoms with Gasteiger partial charge in [-0.2, -0.15) is 0 Å². The molecule has 3 aliphatic heterocycles. The van der Waals surface area contributed by atoms with E-state index in [1.165, 1.54) is 0 Å². The van der Waals surface area contributed by atoms with Crippen molar-refractivity contribution in [2.45, 2.75) is 63.9 Å². The highest BCUT2D eigenvalue weighted by molar-refractivity contribution is 5.89. The number of carbonyl (C=O) groups is 2. The SMILES string of the molecule is CC(C)(C)C(=O)O[C@H]1[C@H]2OC3O[C@@H]1[C@@H](O)[C@H](O3)[C@H]2OC(=O)c1ccccc1. The Kier molecular flexibility index (Phi) is 4.46. The molecular formula is C19H22O8. The number of ether oxygens (including phenoxy) is 5. The van der Waals surface area contributed by atoms with E-state index in [0.717, 1.165) is 0 Å². The van der Waals surface area contributed by atoms with Crippen LogP contribution in [0.25, 0.3) is 0 Å². The van der Waals surface area contributed by atoms with Crippen LogP contribution >= 0.6 is 0 Å². The van der Waals surface area contributed by atoms with Crippen molar-refractivity contribution in [1.29, 1.82) is 0 Å². The third-order valence-corrected chi connectivity index (χ3v) is 4.88. The molecule has 1 aliphatic carbocycles. The molecule has 8 nitrogen and oxygen atoms in total. The summed E-state index contributed by atoms with van der Waals surface area (Å²) in [6.07, 6.45) is -5.35. The van der Waals surface area contributed by atoms with E-state index in [2.05, 4.69) is 0 Å². The molecule has 8 heteroatoms. The molecule has 1 aromatic rings. The fourth-order valence-electron chi connectivity index (χ4n) is 3.42. The van der Waals surface area contributed by atoms with Gasteiger partial charge in [0.25, 0.3) is 6.48 Å². The first kappa shape index (κ1) is 18.4. The summed E-state index contributed by atoms with van der Waals surface area (Å²) in [5, 5.41) is 10.6. The molecule has 4 fully saturated rings. The third-order valence-electron chi connectivity index (χ3n) is 4.88. The van der Waals surface area contributed by atoms with Crippen molar-refractivity contribution in [3.8, 4) is 0 Å². The summed E-state index contributed by atoms with van der Waals surface area (Å²) in [4.78, 5) is 24.8. The van der Waals surface area contributed by atoms with Gasteiger partial charge in [0.2, 0.25) is 0 Å². The zero-order valence-corrected chi connectivity index (χ0v) is 15.2. The first-order valence-electron chi connectivity index (χ1n) is 8.87. The summed E-state index contributed by atoms with van der Waals surface area (Å²) in [6.45, 7) is 4.18. The van der Waals surface area contributed by atoms with Crippen molar-refractivity contribution in [2.75, 3.05) is 0 Å². The average molecular weight is 378 g/mol. The Morgan fingerprint density at radius 2 is 1.48 bits per heavy atom. The normalized spacial score (nSPS) is 37.1. The molecule has 27 heavy (non-hydrogen) atoms. The summed E-state index contributed by atoms with van der Waals surface area (Å²) in [6, 6.07) is 8.47. The van der Waals surface area contributed by atoms with Crippen LogP contribution < -0.4 is 0 Å². The fourth-order valence-corrected chi connectivity index (χ4v) is 3.42. The zero-order chi connectivity index (χ0) is 19.3. The van der Waals surface area contributed by atoms with Gasteiger partial charge in [-0.05, 0) is 32.9 Å². The van der Waals surface area contributed by atoms with Gasteiger partial charge in [-0.25, -0.2) is 4.79 Å². The number of hydrogen-bond donors (Lipinski definition) is 1. The molecule has 0 aromatic heterocycles. The molecule has 1 saturated carbocycles. The highest BCUT2D eigenvalue weighted by atomic mass is 16.9. The average Bonchev–Trinajstić information content (AvgIpc) is 2.63. The van der Waals surface area contributed by atoms with Gasteiger partial charge >= 0.3 is 11.9 Å². The standard InChI is InChI=1S/C19H22O8/c1-19(2,3)17(22)24-14-12-10(20)11-13(15(14)27-18(25-11)26-12)23-16(21)9-7-5-4-6-8-9/h4-8,10-15,18,20H,1-3H3/t10-,11-,12+,13+,14+,15-,18?/m0/s1.